The monoisotopic (exact) mass is 376 g/mol. The average Bonchev–Trinajstić information content (AvgIpc) is 2.91. The van der Waals surface area contributed by atoms with Gasteiger partial charge in [-0.1, -0.05) is 36.4 Å². The van der Waals surface area contributed by atoms with Crippen molar-refractivity contribution in [3.63, 3.8) is 0 Å². The van der Waals surface area contributed by atoms with Gasteiger partial charge in [-0.2, -0.15) is 5.26 Å². The van der Waals surface area contributed by atoms with Gasteiger partial charge in [0.05, 0.1) is 11.6 Å². The van der Waals surface area contributed by atoms with Gasteiger partial charge in [0.1, 0.15) is 12.1 Å². The van der Waals surface area contributed by atoms with Crippen LogP contribution in [0.5, 0.6) is 0 Å². The zero-order valence-corrected chi connectivity index (χ0v) is 15.7. The molecule has 0 aliphatic carbocycles. The number of nitriles is 1. The maximum absolute atomic E-state index is 12.9. The first-order valence-corrected chi connectivity index (χ1v) is 8.81. The fourth-order valence-corrected chi connectivity index (χ4v) is 3.14. The lowest BCUT2D eigenvalue weighted by molar-refractivity contribution is -0.134. The van der Waals surface area contributed by atoms with Gasteiger partial charge in [-0.3, -0.25) is 14.5 Å². The topological polar surface area (TPSA) is 102 Å². The molecule has 1 fully saturated rings. The Bertz CT molecular complexity index is 995. The lowest BCUT2D eigenvalue weighted by atomic mass is 9.91. The summed E-state index contributed by atoms with van der Waals surface area (Å²) in [5, 5.41) is 14.4. The van der Waals surface area contributed by atoms with Crippen molar-refractivity contribution in [1.29, 1.82) is 5.26 Å². The minimum absolute atomic E-state index is 0.316. The van der Waals surface area contributed by atoms with Crippen LogP contribution < -0.4 is 10.6 Å². The van der Waals surface area contributed by atoms with Crippen LogP contribution >= 0.6 is 0 Å². The maximum Gasteiger partial charge on any atom is 0.325 e. The van der Waals surface area contributed by atoms with Crippen LogP contribution in [0.2, 0.25) is 0 Å². The summed E-state index contributed by atoms with van der Waals surface area (Å²) in [5.74, 6) is -0.958. The number of hydrogen-bond acceptors (Lipinski definition) is 4. The second-order valence-corrected chi connectivity index (χ2v) is 6.84. The maximum atomic E-state index is 12.9. The molecule has 0 bridgehead atoms. The molecule has 1 unspecified atom stereocenters. The summed E-state index contributed by atoms with van der Waals surface area (Å²) in [6.45, 7) is 3.45. The van der Waals surface area contributed by atoms with Gasteiger partial charge < -0.3 is 10.6 Å². The summed E-state index contributed by atoms with van der Waals surface area (Å²) in [6.07, 6.45) is 0. The molecule has 0 radical (unpaired) electrons. The van der Waals surface area contributed by atoms with E-state index in [1.165, 1.54) is 0 Å². The molecule has 0 spiro atoms. The van der Waals surface area contributed by atoms with E-state index >= 15 is 0 Å². The van der Waals surface area contributed by atoms with Gasteiger partial charge >= 0.3 is 6.03 Å². The normalized spacial score (nSPS) is 18.5. The molecular formula is C21H20N4O3. The predicted octanol–water partition coefficient (Wildman–Crippen LogP) is 1.95. The van der Waals surface area contributed by atoms with E-state index in [2.05, 4.69) is 10.6 Å². The molecule has 2 aromatic rings. The van der Waals surface area contributed by atoms with Gasteiger partial charge in [-0.15, -0.1) is 0 Å². The number of imide groups is 1. The number of nitrogens with zero attached hydrogens (tertiary/aromatic N) is 2. The number of aryl methyl sites for hydroxylation is 1. The third-order valence-electron chi connectivity index (χ3n) is 4.88. The van der Waals surface area contributed by atoms with Crippen LogP contribution in [0.4, 0.5) is 4.79 Å². The number of amides is 4. The highest BCUT2D eigenvalue weighted by Gasteiger charge is 2.49. The molecule has 142 valence electrons. The minimum atomic E-state index is -1.32. The van der Waals surface area contributed by atoms with E-state index < -0.39 is 23.4 Å². The molecule has 1 aliphatic heterocycles. The van der Waals surface area contributed by atoms with Gasteiger partial charge in [-0.25, -0.2) is 4.79 Å². The molecule has 2 N–H and O–H groups in total. The zero-order chi connectivity index (χ0) is 20.3. The molecule has 7 heteroatoms. The molecule has 3 rings (SSSR count). The van der Waals surface area contributed by atoms with Crippen LogP contribution in [0.1, 0.15) is 29.2 Å². The Morgan fingerprint density at radius 1 is 1.21 bits per heavy atom. The van der Waals surface area contributed by atoms with Crippen molar-refractivity contribution < 1.29 is 14.4 Å². The van der Waals surface area contributed by atoms with E-state index in [1.807, 2.05) is 37.3 Å². The summed E-state index contributed by atoms with van der Waals surface area (Å²) in [6, 6.07) is 15.5. The first kappa shape index (κ1) is 19.1. The average molecular weight is 376 g/mol. The number of carbonyl (C=O) groups is 3. The number of benzene rings is 2. The summed E-state index contributed by atoms with van der Waals surface area (Å²) in [7, 11) is 0. The molecule has 1 saturated heterocycles. The Balaban J connectivity index is 1.70. The highest BCUT2D eigenvalue weighted by molar-refractivity contribution is 6.09. The van der Waals surface area contributed by atoms with E-state index in [0.717, 1.165) is 16.0 Å². The van der Waals surface area contributed by atoms with Crippen LogP contribution in [0.3, 0.4) is 0 Å². The molecule has 7 nitrogen and oxygen atoms in total. The zero-order valence-electron chi connectivity index (χ0n) is 15.7. The summed E-state index contributed by atoms with van der Waals surface area (Å²) in [5.41, 5.74) is 1.57. The SMILES string of the molecule is Cc1ccccc1CNC(=O)CN1C(=O)NC(C)(c2cccc(C#N)c2)C1=O. The number of hydrogen-bond donors (Lipinski definition) is 2. The van der Waals surface area contributed by atoms with Crippen LogP contribution in [0, 0.1) is 18.3 Å². The highest BCUT2D eigenvalue weighted by Crippen LogP contribution is 2.29. The number of nitrogens with one attached hydrogen (secondary N) is 2. The quantitative estimate of drug-likeness (QED) is 0.779. The van der Waals surface area contributed by atoms with Crippen molar-refractivity contribution in [1.82, 2.24) is 15.5 Å². The van der Waals surface area contributed by atoms with Crippen LogP contribution in [0.25, 0.3) is 0 Å². The van der Waals surface area contributed by atoms with E-state index in [4.69, 9.17) is 5.26 Å². The van der Waals surface area contributed by atoms with Crippen molar-refractivity contribution in [2.75, 3.05) is 6.54 Å². The molecule has 4 amide bonds. The lowest BCUT2D eigenvalue weighted by Crippen LogP contribution is -2.43. The van der Waals surface area contributed by atoms with E-state index in [0.29, 0.717) is 17.7 Å². The molecule has 28 heavy (non-hydrogen) atoms. The number of rotatable bonds is 5. The van der Waals surface area contributed by atoms with Crippen LogP contribution in [0.15, 0.2) is 48.5 Å². The number of carbonyl (C=O) groups excluding carboxylic acids is 3. The molecule has 1 heterocycles. The molecule has 1 atom stereocenters. The van der Waals surface area contributed by atoms with Crippen LogP contribution in [-0.2, 0) is 21.7 Å². The number of urea groups is 1. The van der Waals surface area contributed by atoms with E-state index in [1.54, 1.807) is 31.2 Å². The summed E-state index contributed by atoms with van der Waals surface area (Å²) >= 11 is 0. The molecule has 0 aromatic heterocycles. The van der Waals surface area contributed by atoms with Gasteiger partial charge in [0.2, 0.25) is 5.91 Å². The minimum Gasteiger partial charge on any atom is -0.350 e. The molecule has 0 saturated carbocycles. The standard InChI is InChI=1S/C21H20N4O3/c1-14-6-3-4-8-16(14)12-23-18(26)13-25-19(27)21(2,24-20(25)28)17-9-5-7-15(10-17)11-22/h3-10H,12-13H2,1-2H3,(H,23,26)(H,24,28). The van der Waals surface area contributed by atoms with Crippen molar-refractivity contribution in [2.45, 2.75) is 25.9 Å². The fourth-order valence-electron chi connectivity index (χ4n) is 3.14. The Hall–Kier alpha value is -3.66. The second kappa shape index (κ2) is 7.53. The summed E-state index contributed by atoms with van der Waals surface area (Å²) in [4.78, 5) is 38.4. The first-order valence-electron chi connectivity index (χ1n) is 8.81. The summed E-state index contributed by atoms with van der Waals surface area (Å²) < 4.78 is 0. The second-order valence-electron chi connectivity index (χ2n) is 6.84. The molecule has 2 aromatic carbocycles. The lowest BCUT2D eigenvalue weighted by Gasteiger charge is -2.22. The van der Waals surface area contributed by atoms with E-state index in [-0.39, 0.29) is 6.54 Å². The fraction of sp³-hybridized carbons (Fsp3) is 0.238. The Morgan fingerprint density at radius 2 is 1.96 bits per heavy atom. The van der Waals surface area contributed by atoms with Gasteiger partial charge in [0.25, 0.3) is 5.91 Å². The van der Waals surface area contributed by atoms with Crippen LogP contribution in [-0.4, -0.2) is 29.3 Å². The molecular weight excluding hydrogens is 356 g/mol. The smallest absolute Gasteiger partial charge is 0.325 e. The third-order valence-corrected chi connectivity index (χ3v) is 4.88. The van der Waals surface area contributed by atoms with Gasteiger partial charge in [0.15, 0.2) is 0 Å². The first-order chi connectivity index (χ1) is 13.3. The Morgan fingerprint density at radius 3 is 2.68 bits per heavy atom. The third kappa shape index (κ3) is 3.58. The van der Waals surface area contributed by atoms with Crippen molar-refractivity contribution in [2.24, 2.45) is 0 Å². The van der Waals surface area contributed by atoms with Crippen molar-refractivity contribution in [3.05, 3.63) is 70.8 Å². The largest absolute Gasteiger partial charge is 0.350 e. The predicted molar refractivity (Wildman–Crippen MR) is 102 cm³/mol. The van der Waals surface area contributed by atoms with Crippen molar-refractivity contribution in [3.8, 4) is 6.07 Å². The highest BCUT2D eigenvalue weighted by atomic mass is 16.2. The Kier molecular flexibility index (Phi) is 5.14. The van der Waals surface area contributed by atoms with E-state index in [9.17, 15) is 14.4 Å². The molecule has 1 aliphatic rings. The van der Waals surface area contributed by atoms with Crippen molar-refractivity contribution >= 4 is 17.8 Å². The Labute approximate surface area is 163 Å². The van der Waals surface area contributed by atoms with Gasteiger partial charge in [-0.05, 0) is 42.7 Å². The van der Waals surface area contributed by atoms with Gasteiger partial charge in [0, 0.05) is 6.54 Å².